The Labute approximate surface area is 91.1 Å². The minimum Gasteiger partial charge on any atom is -0.508 e. The van der Waals surface area contributed by atoms with E-state index in [-0.39, 0.29) is 5.76 Å². The van der Waals surface area contributed by atoms with E-state index in [1.54, 1.807) is 19.2 Å². The first kappa shape index (κ1) is 10.9. The molecule has 4 heteroatoms. The molecule has 0 spiro atoms. The van der Waals surface area contributed by atoms with Crippen molar-refractivity contribution in [3.8, 4) is 11.5 Å². The summed E-state index contributed by atoms with van der Waals surface area (Å²) in [4.78, 5) is 0. The second-order valence-electron chi connectivity index (χ2n) is 2.63. The van der Waals surface area contributed by atoms with E-state index in [1.807, 2.05) is 0 Å². The van der Waals surface area contributed by atoms with Crippen LogP contribution in [-0.4, -0.2) is 19.3 Å². The smallest absolute Gasteiger partial charge is 0.136 e. The zero-order valence-corrected chi connectivity index (χ0v) is 9.59. The average Bonchev–Trinajstić information content (AvgIpc) is 2.17. The maximum absolute atomic E-state index is 9.29. The van der Waals surface area contributed by atoms with Crippen LogP contribution < -0.4 is 9.47 Å². The summed E-state index contributed by atoms with van der Waals surface area (Å²) in [6.07, 6.45) is 0. The number of halogens is 1. The van der Waals surface area contributed by atoms with Crippen molar-refractivity contribution in [2.24, 2.45) is 0 Å². The highest BCUT2D eigenvalue weighted by molar-refractivity contribution is 9.10. The fraction of sp³-hybridized carbons (Fsp3) is 0.200. The Morgan fingerprint density at radius 1 is 1.29 bits per heavy atom. The third-order valence-electron chi connectivity index (χ3n) is 1.78. The predicted octanol–water partition coefficient (Wildman–Crippen LogP) is 3.00. The zero-order valence-electron chi connectivity index (χ0n) is 8.00. The van der Waals surface area contributed by atoms with Crippen LogP contribution in [0.1, 0.15) is 5.56 Å². The second-order valence-corrected chi connectivity index (χ2v) is 3.49. The molecule has 0 saturated carbocycles. The van der Waals surface area contributed by atoms with Gasteiger partial charge < -0.3 is 14.6 Å². The van der Waals surface area contributed by atoms with Crippen molar-refractivity contribution in [1.82, 2.24) is 0 Å². The van der Waals surface area contributed by atoms with Gasteiger partial charge in [0.2, 0.25) is 0 Å². The Balaban J connectivity index is 3.31. The van der Waals surface area contributed by atoms with Crippen molar-refractivity contribution in [3.63, 3.8) is 0 Å². The lowest BCUT2D eigenvalue weighted by atomic mass is 10.1. The standard InChI is InChI=1S/C10H11BrO3/c1-6(12)7-4-8(11)10(14-3)5-9(7)13-2/h4-5,12H,1H2,2-3H3. The van der Waals surface area contributed by atoms with Crippen LogP contribution in [0.2, 0.25) is 0 Å². The zero-order chi connectivity index (χ0) is 10.7. The highest BCUT2D eigenvalue weighted by atomic mass is 79.9. The van der Waals surface area contributed by atoms with Gasteiger partial charge in [-0.2, -0.15) is 0 Å². The van der Waals surface area contributed by atoms with Gasteiger partial charge in [-0.3, -0.25) is 0 Å². The summed E-state index contributed by atoms with van der Waals surface area (Å²) in [5.74, 6) is 1.13. The molecule has 0 fully saturated rings. The number of methoxy groups -OCH3 is 2. The molecule has 0 aliphatic heterocycles. The minimum absolute atomic E-state index is 0.0368. The monoisotopic (exact) mass is 258 g/mol. The van der Waals surface area contributed by atoms with E-state index in [0.717, 1.165) is 4.47 Å². The summed E-state index contributed by atoms with van der Waals surface area (Å²) in [6, 6.07) is 3.38. The van der Waals surface area contributed by atoms with Crippen LogP contribution in [-0.2, 0) is 0 Å². The molecule has 1 aromatic rings. The predicted molar refractivity (Wildman–Crippen MR) is 58.9 cm³/mol. The normalized spacial score (nSPS) is 9.64. The van der Waals surface area contributed by atoms with Gasteiger partial charge in [-0.1, -0.05) is 6.58 Å². The molecule has 1 aromatic carbocycles. The Morgan fingerprint density at radius 3 is 2.29 bits per heavy atom. The van der Waals surface area contributed by atoms with Gasteiger partial charge in [-0.15, -0.1) is 0 Å². The molecule has 0 aliphatic rings. The third kappa shape index (κ3) is 2.01. The maximum Gasteiger partial charge on any atom is 0.136 e. The van der Waals surface area contributed by atoms with Crippen molar-refractivity contribution in [1.29, 1.82) is 0 Å². The van der Waals surface area contributed by atoms with Crippen molar-refractivity contribution in [2.75, 3.05) is 14.2 Å². The van der Waals surface area contributed by atoms with Crippen LogP contribution in [0.25, 0.3) is 5.76 Å². The molecule has 14 heavy (non-hydrogen) atoms. The average molecular weight is 259 g/mol. The molecule has 0 atom stereocenters. The van der Waals surface area contributed by atoms with E-state index in [0.29, 0.717) is 17.1 Å². The Bertz CT molecular complexity index is 361. The first-order valence-corrected chi connectivity index (χ1v) is 4.69. The number of aliphatic hydroxyl groups excluding tert-OH is 1. The van der Waals surface area contributed by atoms with Crippen LogP contribution in [0.15, 0.2) is 23.2 Å². The van der Waals surface area contributed by atoms with Gasteiger partial charge in [0.1, 0.15) is 17.3 Å². The third-order valence-corrected chi connectivity index (χ3v) is 2.40. The molecular formula is C10H11BrO3. The molecule has 76 valence electrons. The first-order valence-electron chi connectivity index (χ1n) is 3.90. The first-order chi connectivity index (χ1) is 6.60. The number of aliphatic hydroxyl groups is 1. The van der Waals surface area contributed by atoms with Crippen molar-refractivity contribution in [3.05, 3.63) is 28.7 Å². The molecule has 0 bridgehead atoms. The van der Waals surface area contributed by atoms with E-state index in [1.165, 1.54) is 7.11 Å². The maximum atomic E-state index is 9.29. The van der Waals surface area contributed by atoms with Crippen LogP contribution >= 0.6 is 15.9 Å². The molecule has 1 N–H and O–H groups in total. The Morgan fingerprint density at radius 2 is 1.86 bits per heavy atom. The second kappa shape index (κ2) is 4.37. The van der Waals surface area contributed by atoms with Crippen molar-refractivity contribution < 1.29 is 14.6 Å². The molecule has 0 saturated heterocycles. The van der Waals surface area contributed by atoms with Gasteiger partial charge in [0.05, 0.1) is 24.3 Å². The largest absolute Gasteiger partial charge is 0.508 e. The number of hydrogen-bond acceptors (Lipinski definition) is 3. The number of benzene rings is 1. The minimum atomic E-state index is -0.0368. The van der Waals surface area contributed by atoms with E-state index >= 15 is 0 Å². The molecule has 0 amide bonds. The van der Waals surface area contributed by atoms with Gasteiger partial charge in [-0.05, 0) is 22.0 Å². The van der Waals surface area contributed by atoms with Crippen molar-refractivity contribution >= 4 is 21.7 Å². The molecule has 0 aromatic heterocycles. The Hall–Kier alpha value is -1.16. The van der Waals surface area contributed by atoms with Crippen molar-refractivity contribution in [2.45, 2.75) is 0 Å². The molecule has 0 aliphatic carbocycles. The summed E-state index contributed by atoms with van der Waals surface area (Å²) in [6.45, 7) is 3.44. The fourth-order valence-corrected chi connectivity index (χ4v) is 1.59. The fourth-order valence-electron chi connectivity index (χ4n) is 1.09. The number of hydrogen-bond donors (Lipinski definition) is 1. The SMILES string of the molecule is C=C(O)c1cc(Br)c(OC)cc1OC. The topological polar surface area (TPSA) is 38.7 Å². The summed E-state index contributed by atoms with van der Waals surface area (Å²) < 4.78 is 10.9. The number of ether oxygens (including phenoxy) is 2. The van der Waals surface area contributed by atoms with Crippen LogP contribution in [0.5, 0.6) is 11.5 Å². The lowest BCUT2D eigenvalue weighted by Crippen LogP contribution is -1.93. The summed E-state index contributed by atoms with van der Waals surface area (Å²) in [5, 5.41) is 9.29. The lowest BCUT2D eigenvalue weighted by molar-refractivity contribution is 0.389. The van der Waals surface area contributed by atoms with Crippen LogP contribution in [0.4, 0.5) is 0 Å². The summed E-state index contributed by atoms with van der Waals surface area (Å²) in [5.41, 5.74) is 0.542. The van der Waals surface area contributed by atoms with Gasteiger partial charge in [0.25, 0.3) is 0 Å². The lowest BCUT2D eigenvalue weighted by Gasteiger charge is -2.10. The Kier molecular flexibility index (Phi) is 3.41. The van der Waals surface area contributed by atoms with E-state index in [9.17, 15) is 5.11 Å². The molecule has 1 rings (SSSR count). The van der Waals surface area contributed by atoms with E-state index < -0.39 is 0 Å². The van der Waals surface area contributed by atoms with Crippen LogP contribution in [0, 0.1) is 0 Å². The highest BCUT2D eigenvalue weighted by Crippen LogP contribution is 2.34. The molecule has 3 nitrogen and oxygen atoms in total. The van der Waals surface area contributed by atoms with Gasteiger partial charge in [-0.25, -0.2) is 0 Å². The highest BCUT2D eigenvalue weighted by Gasteiger charge is 2.10. The van der Waals surface area contributed by atoms with E-state index in [2.05, 4.69) is 22.5 Å². The number of rotatable bonds is 3. The molecule has 0 heterocycles. The quantitative estimate of drug-likeness (QED) is 0.848. The molecular weight excluding hydrogens is 248 g/mol. The molecule has 0 unspecified atom stereocenters. The van der Waals surface area contributed by atoms with Crippen LogP contribution in [0.3, 0.4) is 0 Å². The van der Waals surface area contributed by atoms with Gasteiger partial charge in [0.15, 0.2) is 0 Å². The summed E-state index contributed by atoms with van der Waals surface area (Å²) >= 11 is 3.31. The van der Waals surface area contributed by atoms with Gasteiger partial charge in [0, 0.05) is 6.07 Å². The molecule has 0 radical (unpaired) electrons. The summed E-state index contributed by atoms with van der Waals surface area (Å²) in [7, 11) is 3.09. The van der Waals surface area contributed by atoms with Gasteiger partial charge >= 0.3 is 0 Å². The van der Waals surface area contributed by atoms with E-state index in [4.69, 9.17) is 9.47 Å².